The van der Waals surface area contributed by atoms with Gasteiger partial charge in [0.1, 0.15) is 24.0 Å². The molecule has 1 aromatic heterocycles. The minimum atomic E-state index is -0.353. The van der Waals surface area contributed by atoms with Gasteiger partial charge in [-0.3, -0.25) is 4.79 Å². The number of anilines is 2. The monoisotopic (exact) mass is 224 g/mol. The van der Waals surface area contributed by atoms with Gasteiger partial charge in [-0.05, 0) is 6.42 Å². The normalized spacial score (nSPS) is 9.88. The van der Waals surface area contributed by atoms with E-state index in [1.165, 1.54) is 7.11 Å². The average Bonchev–Trinajstić information content (AvgIpc) is 2.25. The summed E-state index contributed by atoms with van der Waals surface area (Å²) in [5.41, 5.74) is 5.62. The van der Waals surface area contributed by atoms with Gasteiger partial charge in [0.25, 0.3) is 0 Å². The molecule has 0 saturated carbocycles. The van der Waals surface area contributed by atoms with Crippen molar-refractivity contribution in [2.75, 3.05) is 24.7 Å². The van der Waals surface area contributed by atoms with Crippen LogP contribution in [0.2, 0.25) is 0 Å². The summed E-state index contributed by atoms with van der Waals surface area (Å²) < 4.78 is 4.50. The highest BCUT2D eigenvalue weighted by Crippen LogP contribution is 2.09. The third-order valence-electron chi connectivity index (χ3n) is 1.91. The van der Waals surface area contributed by atoms with E-state index in [0.717, 1.165) is 12.8 Å². The molecule has 88 valence electrons. The van der Waals surface area contributed by atoms with Crippen molar-refractivity contribution in [1.82, 2.24) is 9.97 Å². The molecule has 3 N–H and O–H groups in total. The van der Waals surface area contributed by atoms with Crippen molar-refractivity contribution in [2.45, 2.75) is 19.8 Å². The van der Waals surface area contributed by atoms with E-state index in [1.807, 2.05) is 6.92 Å². The highest BCUT2D eigenvalue weighted by Gasteiger charge is 2.04. The molecular formula is C10H16N4O2. The molecule has 16 heavy (non-hydrogen) atoms. The number of esters is 1. The molecule has 0 aliphatic rings. The third kappa shape index (κ3) is 3.72. The molecule has 0 saturated heterocycles. The predicted octanol–water partition coefficient (Wildman–Crippen LogP) is 0.596. The summed E-state index contributed by atoms with van der Waals surface area (Å²) in [5, 5.41) is 2.83. The van der Waals surface area contributed by atoms with Crippen molar-refractivity contribution in [3.8, 4) is 0 Å². The summed E-state index contributed by atoms with van der Waals surface area (Å²) in [6.07, 6.45) is 1.71. The zero-order valence-electron chi connectivity index (χ0n) is 9.49. The first-order chi connectivity index (χ1) is 7.65. The van der Waals surface area contributed by atoms with Gasteiger partial charge in [-0.25, -0.2) is 9.97 Å². The summed E-state index contributed by atoms with van der Waals surface area (Å²) in [7, 11) is 1.33. The summed E-state index contributed by atoms with van der Waals surface area (Å²) in [6, 6.07) is 1.59. The van der Waals surface area contributed by atoms with Crippen LogP contribution in [0.25, 0.3) is 0 Å². The Hall–Kier alpha value is -1.85. The lowest BCUT2D eigenvalue weighted by atomic mass is 10.3. The van der Waals surface area contributed by atoms with E-state index in [0.29, 0.717) is 17.5 Å². The van der Waals surface area contributed by atoms with Gasteiger partial charge in [0.2, 0.25) is 0 Å². The number of nitrogen functional groups attached to an aromatic ring is 1. The first-order valence-corrected chi connectivity index (χ1v) is 5.09. The van der Waals surface area contributed by atoms with Crippen molar-refractivity contribution in [3.05, 3.63) is 11.9 Å². The van der Waals surface area contributed by atoms with E-state index >= 15 is 0 Å². The number of carbonyl (C=O) groups is 1. The standard InChI is InChI=1S/C10H16N4O2/c1-3-4-8-13-7(11)5-9(14-8)12-6-10(15)16-2/h5H,3-4,6H2,1-2H3,(H3,11,12,13,14). The maximum Gasteiger partial charge on any atom is 0.325 e. The molecule has 0 amide bonds. The predicted molar refractivity (Wildman–Crippen MR) is 60.9 cm³/mol. The zero-order valence-corrected chi connectivity index (χ0v) is 9.49. The fourth-order valence-corrected chi connectivity index (χ4v) is 1.18. The molecule has 1 aromatic rings. The molecule has 6 heteroatoms. The summed E-state index contributed by atoms with van der Waals surface area (Å²) in [5.74, 6) is 1.26. The van der Waals surface area contributed by atoms with Gasteiger partial charge in [-0.1, -0.05) is 6.92 Å². The third-order valence-corrected chi connectivity index (χ3v) is 1.91. The molecule has 0 fully saturated rings. The molecule has 1 heterocycles. The molecule has 0 aliphatic heterocycles. The van der Waals surface area contributed by atoms with Crippen LogP contribution in [0.1, 0.15) is 19.2 Å². The van der Waals surface area contributed by atoms with Gasteiger partial charge < -0.3 is 15.8 Å². The zero-order chi connectivity index (χ0) is 12.0. The number of ether oxygens (including phenoxy) is 1. The number of aromatic nitrogens is 2. The Morgan fingerprint density at radius 2 is 2.31 bits per heavy atom. The highest BCUT2D eigenvalue weighted by molar-refractivity contribution is 5.74. The lowest BCUT2D eigenvalue weighted by Crippen LogP contribution is -2.16. The number of nitrogens with one attached hydrogen (secondary N) is 1. The fraction of sp³-hybridized carbons (Fsp3) is 0.500. The molecule has 1 rings (SSSR count). The van der Waals surface area contributed by atoms with Gasteiger partial charge in [0, 0.05) is 12.5 Å². The summed E-state index contributed by atoms with van der Waals surface area (Å²) in [6.45, 7) is 2.10. The van der Waals surface area contributed by atoms with Crippen molar-refractivity contribution >= 4 is 17.6 Å². The van der Waals surface area contributed by atoms with E-state index in [1.54, 1.807) is 6.07 Å². The maximum absolute atomic E-state index is 10.9. The molecule has 0 aliphatic carbocycles. The van der Waals surface area contributed by atoms with Crippen LogP contribution in [-0.2, 0) is 16.0 Å². The number of nitrogens with zero attached hydrogens (tertiary/aromatic N) is 2. The van der Waals surface area contributed by atoms with E-state index in [2.05, 4.69) is 20.0 Å². The van der Waals surface area contributed by atoms with Crippen molar-refractivity contribution < 1.29 is 9.53 Å². The number of hydrogen-bond acceptors (Lipinski definition) is 6. The molecule has 0 spiro atoms. The van der Waals surface area contributed by atoms with Crippen LogP contribution in [0.5, 0.6) is 0 Å². The first kappa shape index (κ1) is 12.2. The molecule has 6 nitrogen and oxygen atoms in total. The van der Waals surface area contributed by atoms with Crippen molar-refractivity contribution in [3.63, 3.8) is 0 Å². The second-order valence-electron chi connectivity index (χ2n) is 3.27. The first-order valence-electron chi connectivity index (χ1n) is 5.09. The van der Waals surface area contributed by atoms with Crippen LogP contribution < -0.4 is 11.1 Å². The van der Waals surface area contributed by atoms with Gasteiger partial charge in [-0.2, -0.15) is 0 Å². The van der Waals surface area contributed by atoms with Crippen LogP contribution in [-0.4, -0.2) is 29.6 Å². The Balaban J connectivity index is 2.68. The quantitative estimate of drug-likeness (QED) is 0.712. The number of rotatable bonds is 5. The molecular weight excluding hydrogens is 208 g/mol. The van der Waals surface area contributed by atoms with Gasteiger partial charge >= 0.3 is 5.97 Å². The largest absolute Gasteiger partial charge is 0.468 e. The number of nitrogens with two attached hydrogens (primary N) is 1. The minimum absolute atomic E-state index is 0.0680. The van der Waals surface area contributed by atoms with Crippen LogP contribution in [0, 0.1) is 0 Å². The second-order valence-corrected chi connectivity index (χ2v) is 3.27. The fourth-order valence-electron chi connectivity index (χ4n) is 1.18. The van der Waals surface area contributed by atoms with Gasteiger partial charge in [-0.15, -0.1) is 0 Å². The molecule has 0 atom stereocenters. The van der Waals surface area contributed by atoms with Crippen LogP contribution >= 0.6 is 0 Å². The van der Waals surface area contributed by atoms with Gasteiger partial charge in [0.05, 0.1) is 7.11 Å². The lowest BCUT2D eigenvalue weighted by molar-refractivity contribution is -0.138. The van der Waals surface area contributed by atoms with Crippen molar-refractivity contribution in [1.29, 1.82) is 0 Å². The SMILES string of the molecule is CCCc1nc(N)cc(NCC(=O)OC)n1. The Kier molecular flexibility index (Phi) is 4.50. The van der Waals surface area contributed by atoms with Crippen molar-refractivity contribution in [2.24, 2.45) is 0 Å². The number of carbonyl (C=O) groups excluding carboxylic acids is 1. The topological polar surface area (TPSA) is 90.1 Å². The maximum atomic E-state index is 10.9. The molecule has 0 unspecified atom stereocenters. The van der Waals surface area contributed by atoms with Crippen LogP contribution in [0.3, 0.4) is 0 Å². The van der Waals surface area contributed by atoms with Crippen LogP contribution in [0.15, 0.2) is 6.07 Å². The van der Waals surface area contributed by atoms with E-state index < -0.39 is 0 Å². The lowest BCUT2D eigenvalue weighted by Gasteiger charge is -2.06. The number of methoxy groups -OCH3 is 1. The molecule has 0 radical (unpaired) electrons. The van der Waals surface area contributed by atoms with Crippen LogP contribution in [0.4, 0.5) is 11.6 Å². The van der Waals surface area contributed by atoms with Gasteiger partial charge in [0.15, 0.2) is 0 Å². The Bertz CT molecular complexity index is 368. The smallest absolute Gasteiger partial charge is 0.325 e. The number of hydrogen-bond donors (Lipinski definition) is 2. The minimum Gasteiger partial charge on any atom is -0.468 e. The summed E-state index contributed by atoms with van der Waals surface area (Å²) in [4.78, 5) is 19.2. The Morgan fingerprint density at radius 3 is 2.94 bits per heavy atom. The second kappa shape index (κ2) is 5.89. The molecule has 0 aromatic carbocycles. The van der Waals surface area contributed by atoms with E-state index in [4.69, 9.17) is 5.73 Å². The van der Waals surface area contributed by atoms with E-state index in [9.17, 15) is 4.79 Å². The average molecular weight is 224 g/mol. The Morgan fingerprint density at radius 1 is 1.56 bits per heavy atom. The Labute approximate surface area is 94.2 Å². The molecule has 0 bridgehead atoms. The highest BCUT2D eigenvalue weighted by atomic mass is 16.5. The van der Waals surface area contributed by atoms with E-state index in [-0.39, 0.29) is 12.5 Å². The summed E-state index contributed by atoms with van der Waals surface area (Å²) >= 11 is 0. The number of aryl methyl sites for hydroxylation is 1.